The Hall–Kier alpha value is -3.73. The highest BCUT2D eigenvalue weighted by atomic mass is 32.1. The lowest BCUT2D eigenvalue weighted by atomic mass is 10.1. The highest BCUT2D eigenvalue weighted by molar-refractivity contribution is 7.16. The van der Waals surface area contributed by atoms with Crippen LogP contribution in [-0.2, 0) is 9.59 Å². The van der Waals surface area contributed by atoms with Crippen LogP contribution >= 0.6 is 11.3 Å². The molecule has 0 aliphatic carbocycles. The van der Waals surface area contributed by atoms with Crippen LogP contribution in [0.25, 0.3) is 11.3 Å². The molecular formula is C21H16F2N4O4S. The molecular weight excluding hydrogens is 442 g/mol. The fourth-order valence-corrected chi connectivity index (χ4v) is 4.31. The van der Waals surface area contributed by atoms with E-state index in [1.165, 1.54) is 34.4 Å². The molecule has 1 aliphatic heterocycles. The SMILES string of the molecule is Cc1sc(NC(=O)C2CC(=O)N(c3ccc(F)c([N+](=O)[O-])c3)C2)nc1-c1ccc(F)cc1. The molecule has 0 bridgehead atoms. The molecule has 0 saturated carbocycles. The number of benzene rings is 2. The number of carbonyl (C=O) groups is 2. The number of amides is 2. The van der Waals surface area contributed by atoms with Crippen LogP contribution in [0, 0.1) is 34.6 Å². The molecule has 3 aromatic rings. The van der Waals surface area contributed by atoms with E-state index in [1.807, 2.05) is 6.92 Å². The number of nitro groups is 1. The average molecular weight is 458 g/mol. The van der Waals surface area contributed by atoms with Crippen molar-refractivity contribution in [1.29, 1.82) is 0 Å². The maximum atomic E-state index is 13.6. The van der Waals surface area contributed by atoms with Crippen LogP contribution in [0.1, 0.15) is 11.3 Å². The predicted octanol–water partition coefficient (Wildman–Crippen LogP) is 4.30. The Morgan fingerprint density at radius 2 is 1.97 bits per heavy atom. The number of carbonyl (C=O) groups excluding carboxylic acids is 2. The molecule has 2 aromatic carbocycles. The Bertz CT molecular complexity index is 1230. The first-order valence-electron chi connectivity index (χ1n) is 9.51. The van der Waals surface area contributed by atoms with Gasteiger partial charge in [0, 0.05) is 29.5 Å². The minimum absolute atomic E-state index is 0.00261. The van der Waals surface area contributed by atoms with Gasteiger partial charge in [-0.1, -0.05) is 0 Å². The van der Waals surface area contributed by atoms with Crippen LogP contribution in [0.5, 0.6) is 0 Å². The van der Waals surface area contributed by atoms with E-state index in [1.54, 1.807) is 12.1 Å². The highest BCUT2D eigenvalue weighted by Crippen LogP contribution is 2.33. The van der Waals surface area contributed by atoms with Crippen LogP contribution in [0.2, 0.25) is 0 Å². The number of rotatable bonds is 5. The number of hydrogen-bond donors (Lipinski definition) is 1. The second-order valence-electron chi connectivity index (χ2n) is 7.22. The molecule has 32 heavy (non-hydrogen) atoms. The van der Waals surface area contributed by atoms with E-state index in [9.17, 15) is 28.5 Å². The number of halogens is 2. The maximum Gasteiger partial charge on any atom is 0.306 e. The quantitative estimate of drug-likeness (QED) is 0.453. The number of nitrogens with one attached hydrogen (secondary N) is 1. The fourth-order valence-electron chi connectivity index (χ4n) is 3.47. The minimum Gasteiger partial charge on any atom is -0.311 e. The Balaban J connectivity index is 1.48. The summed E-state index contributed by atoms with van der Waals surface area (Å²) in [5.74, 6) is -2.89. The Labute approximate surface area is 184 Å². The number of nitro benzene ring substituents is 1. The molecule has 8 nitrogen and oxygen atoms in total. The Kier molecular flexibility index (Phi) is 5.66. The summed E-state index contributed by atoms with van der Waals surface area (Å²) >= 11 is 1.25. The molecule has 1 atom stereocenters. The van der Waals surface area contributed by atoms with E-state index in [2.05, 4.69) is 10.3 Å². The molecule has 0 spiro atoms. The van der Waals surface area contributed by atoms with Gasteiger partial charge < -0.3 is 10.2 Å². The topological polar surface area (TPSA) is 105 Å². The van der Waals surface area contributed by atoms with E-state index in [0.29, 0.717) is 16.4 Å². The fraction of sp³-hybridized carbons (Fsp3) is 0.190. The van der Waals surface area contributed by atoms with Crippen molar-refractivity contribution >= 4 is 39.7 Å². The van der Waals surface area contributed by atoms with Gasteiger partial charge in [0.05, 0.1) is 22.2 Å². The van der Waals surface area contributed by atoms with Gasteiger partial charge in [0.2, 0.25) is 17.6 Å². The van der Waals surface area contributed by atoms with E-state index in [0.717, 1.165) is 17.0 Å². The van der Waals surface area contributed by atoms with Gasteiger partial charge in [0.15, 0.2) is 5.13 Å². The lowest BCUT2D eigenvalue weighted by molar-refractivity contribution is -0.387. The van der Waals surface area contributed by atoms with Crippen molar-refractivity contribution in [2.24, 2.45) is 5.92 Å². The van der Waals surface area contributed by atoms with Crippen molar-refractivity contribution in [2.75, 3.05) is 16.8 Å². The van der Waals surface area contributed by atoms with Crippen LogP contribution in [0.4, 0.5) is 25.3 Å². The summed E-state index contributed by atoms with van der Waals surface area (Å²) in [5.41, 5.74) is 0.741. The van der Waals surface area contributed by atoms with Crippen molar-refractivity contribution < 1.29 is 23.3 Å². The number of anilines is 2. The molecule has 0 radical (unpaired) electrons. The normalized spacial score (nSPS) is 15.8. The first kappa shape index (κ1) is 21.5. The van der Waals surface area contributed by atoms with Crippen molar-refractivity contribution in [1.82, 2.24) is 4.98 Å². The smallest absolute Gasteiger partial charge is 0.306 e. The molecule has 1 unspecified atom stereocenters. The van der Waals surface area contributed by atoms with Gasteiger partial charge in [0.25, 0.3) is 0 Å². The molecule has 1 saturated heterocycles. The maximum absolute atomic E-state index is 13.6. The van der Waals surface area contributed by atoms with Crippen LogP contribution in [0.15, 0.2) is 42.5 Å². The third-order valence-corrected chi connectivity index (χ3v) is 5.96. The molecule has 11 heteroatoms. The molecule has 1 N–H and O–H groups in total. The molecule has 1 aliphatic rings. The highest BCUT2D eigenvalue weighted by Gasteiger charge is 2.36. The first-order chi connectivity index (χ1) is 15.2. The molecule has 2 heterocycles. The zero-order valence-electron chi connectivity index (χ0n) is 16.7. The van der Waals surface area contributed by atoms with Crippen molar-refractivity contribution in [3.8, 4) is 11.3 Å². The number of thiazole rings is 1. The van der Waals surface area contributed by atoms with Crippen molar-refractivity contribution in [3.05, 3.63) is 69.1 Å². The second kappa shape index (κ2) is 8.42. The van der Waals surface area contributed by atoms with Gasteiger partial charge in [-0.2, -0.15) is 4.39 Å². The predicted molar refractivity (Wildman–Crippen MR) is 114 cm³/mol. The van der Waals surface area contributed by atoms with E-state index < -0.39 is 34.2 Å². The molecule has 1 fully saturated rings. The third-order valence-electron chi connectivity index (χ3n) is 5.08. The Morgan fingerprint density at radius 3 is 2.66 bits per heavy atom. The third kappa shape index (κ3) is 4.19. The zero-order valence-corrected chi connectivity index (χ0v) is 17.5. The van der Waals surface area contributed by atoms with E-state index >= 15 is 0 Å². The monoisotopic (exact) mass is 458 g/mol. The van der Waals surface area contributed by atoms with Gasteiger partial charge >= 0.3 is 5.69 Å². The van der Waals surface area contributed by atoms with Crippen LogP contribution < -0.4 is 10.2 Å². The number of aryl methyl sites for hydroxylation is 1. The van der Waals surface area contributed by atoms with Crippen molar-refractivity contribution in [3.63, 3.8) is 0 Å². The summed E-state index contributed by atoms with van der Waals surface area (Å²) in [7, 11) is 0. The molecule has 2 amide bonds. The van der Waals surface area contributed by atoms with E-state index in [-0.39, 0.29) is 24.5 Å². The lowest BCUT2D eigenvalue weighted by Crippen LogP contribution is -2.28. The number of nitrogens with zero attached hydrogens (tertiary/aromatic N) is 3. The summed E-state index contributed by atoms with van der Waals surface area (Å²) in [6.45, 7) is 1.83. The summed E-state index contributed by atoms with van der Waals surface area (Å²) in [6.07, 6.45) is -0.0911. The van der Waals surface area contributed by atoms with Gasteiger partial charge in [0.1, 0.15) is 5.82 Å². The van der Waals surface area contributed by atoms with E-state index in [4.69, 9.17) is 0 Å². The second-order valence-corrected chi connectivity index (χ2v) is 8.42. The number of aromatic nitrogens is 1. The van der Waals surface area contributed by atoms with Gasteiger partial charge in [-0.25, -0.2) is 9.37 Å². The zero-order chi connectivity index (χ0) is 23.0. The summed E-state index contributed by atoms with van der Waals surface area (Å²) in [6, 6.07) is 9.00. The number of hydrogen-bond acceptors (Lipinski definition) is 6. The standard InChI is InChI=1S/C21H16F2N4O4S/c1-11-19(12-2-4-14(22)5-3-12)24-21(32-11)25-20(29)13-8-18(28)26(10-13)15-6-7-16(23)17(9-15)27(30)31/h2-7,9,13H,8,10H2,1H3,(H,24,25,29). The van der Waals surface area contributed by atoms with Crippen LogP contribution in [-0.4, -0.2) is 28.3 Å². The van der Waals surface area contributed by atoms with Gasteiger partial charge in [-0.15, -0.1) is 11.3 Å². The van der Waals surface area contributed by atoms with Crippen LogP contribution in [0.3, 0.4) is 0 Å². The molecule has 164 valence electrons. The minimum atomic E-state index is -1.00. The van der Waals surface area contributed by atoms with Gasteiger partial charge in [-0.3, -0.25) is 19.7 Å². The Morgan fingerprint density at radius 1 is 1.25 bits per heavy atom. The van der Waals surface area contributed by atoms with Gasteiger partial charge in [-0.05, 0) is 43.3 Å². The summed E-state index contributed by atoms with van der Waals surface area (Å²) < 4.78 is 26.8. The lowest BCUT2D eigenvalue weighted by Gasteiger charge is -2.16. The molecule has 1 aromatic heterocycles. The summed E-state index contributed by atoms with van der Waals surface area (Å²) in [5, 5.41) is 14.0. The largest absolute Gasteiger partial charge is 0.311 e. The van der Waals surface area contributed by atoms with Crippen molar-refractivity contribution in [2.45, 2.75) is 13.3 Å². The first-order valence-corrected chi connectivity index (χ1v) is 10.3. The average Bonchev–Trinajstić information content (AvgIpc) is 3.31. The summed E-state index contributed by atoms with van der Waals surface area (Å²) in [4.78, 5) is 41.7. The molecule has 4 rings (SSSR count).